The molecular weight excluding hydrogens is 471 g/mol. The van der Waals surface area contributed by atoms with E-state index >= 15 is 0 Å². The molecule has 8 heteroatoms. The van der Waals surface area contributed by atoms with Crippen molar-refractivity contribution in [1.29, 1.82) is 0 Å². The van der Waals surface area contributed by atoms with Crippen LogP contribution in [-0.4, -0.2) is 39.2 Å². The number of benzene rings is 2. The van der Waals surface area contributed by atoms with Crippen LogP contribution < -0.4 is 25.4 Å². The van der Waals surface area contributed by atoms with Gasteiger partial charge in [-0.15, -0.1) is 24.0 Å². The van der Waals surface area contributed by atoms with Crippen molar-refractivity contribution >= 4 is 41.5 Å². The maximum absolute atomic E-state index is 11.8. The fourth-order valence-electron chi connectivity index (χ4n) is 2.71. The number of fused-ring (bicyclic) bond motifs is 1. The molecule has 0 saturated heterocycles. The molecule has 2 aromatic rings. The number of ether oxygens (including phenoxy) is 2. The topological polar surface area (TPSA) is 84.0 Å². The number of carbonyl (C=O) groups excluding carboxylic acids is 1. The van der Waals surface area contributed by atoms with E-state index in [0.717, 1.165) is 29.2 Å². The van der Waals surface area contributed by atoms with Crippen molar-refractivity contribution in [3.63, 3.8) is 0 Å². The number of halogens is 1. The summed E-state index contributed by atoms with van der Waals surface area (Å²) >= 11 is 0. The van der Waals surface area contributed by atoms with Gasteiger partial charge >= 0.3 is 0 Å². The van der Waals surface area contributed by atoms with Gasteiger partial charge in [0.05, 0.1) is 13.2 Å². The number of carbonyl (C=O) groups is 1. The van der Waals surface area contributed by atoms with Crippen LogP contribution in [0.2, 0.25) is 0 Å². The third kappa shape index (κ3) is 5.75. The zero-order valence-electron chi connectivity index (χ0n) is 16.0. The molecule has 1 heterocycles. The zero-order valence-corrected chi connectivity index (χ0v) is 18.3. The summed E-state index contributed by atoms with van der Waals surface area (Å²) < 4.78 is 11.4. The first kappa shape index (κ1) is 21.8. The highest BCUT2D eigenvalue weighted by Gasteiger charge is 2.11. The number of anilines is 1. The average molecular weight is 496 g/mol. The van der Waals surface area contributed by atoms with E-state index < -0.39 is 0 Å². The highest BCUT2D eigenvalue weighted by Crippen LogP contribution is 2.32. The molecule has 7 nitrogen and oxygen atoms in total. The lowest BCUT2D eigenvalue weighted by atomic mass is 10.1. The first-order valence-corrected chi connectivity index (χ1v) is 8.88. The quantitative estimate of drug-likeness (QED) is 0.345. The predicted molar refractivity (Wildman–Crippen MR) is 121 cm³/mol. The van der Waals surface area contributed by atoms with Gasteiger partial charge < -0.3 is 25.4 Å². The fourth-order valence-corrected chi connectivity index (χ4v) is 2.71. The molecule has 0 unspecified atom stereocenters. The van der Waals surface area contributed by atoms with Crippen LogP contribution in [0.25, 0.3) is 0 Å². The van der Waals surface area contributed by atoms with E-state index in [-0.39, 0.29) is 29.9 Å². The van der Waals surface area contributed by atoms with Gasteiger partial charge in [-0.05, 0) is 29.8 Å². The van der Waals surface area contributed by atoms with Gasteiger partial charge in [0.1, 0.15) is 0 Å². The summed E-state index contributed by atoms with van der Waals surface area (Å²) in [6.45, 7) is 1.85. The first-order chi connectivity index (χ1) is 13.2. The van der Waals surface area contributed by atoms with Crippen molar-refractivity contribution in [2.75, 3.05) is 32.6 Å². The van der Waals surface area contributed by atoms with Gasteiger partial charge in [-0.1, -0.05) is 12.1 Å². The van der Waals surface area contributed by atoms with E-state index in [9.17, 15) is 4.79 Å². The Morgan fingerprint density at radius 2 is 1.89 bits per heavy atom. The molecule has 0 saturated carbocycles. The number of amides is 1. The highest BCUT2D eigenvalue weighted by atomic mass is 127. The standard InChI is InChI=1S/C20H24N4O3.HI/c1-21-19(25)15-6-3-5-14(11-15)13-23-20(22-2)24-16-7-8-17-18(12-16)27-10-4-9-26-17;/h3,5-8,11-12H,4,9-10,13H2,1-2H3,(H,21,25)(H2,22,23,24);1H. The van der Waals surface area contributed by atoms with Crippen molar-refractivity contribution in [3.05, 3.63) is 53.6 Å². The monoisotopic (exact) mass is 496 g/mol. The molecule has 1 amide bonds. The molecule has 1 aliphatic rings. The molecule has 0 radical (unpaired) electrons. The number of nitrogens with one attached hydrogen (secondary N) is 3. The van der Waals surface area contributed by atoms with Crippen LogP contribution in [0.4, 0.5) is 5.69 Å². The summed E-state index contributed by atoms with van der Waals surface area (Å²) in [5.41, 5.74) is 2.46. The smallest absolute Gasteiger partial charge is 0.251 e. The Kier molecular flexibility index (Phi) is 8.37. The number of aliphatic imine (C=N–C) groups is 1. The Bertz CT molecular complexity index is 842. The van der Waals surface area contributed by atoms with Gasteiger partial charge in [0.15, 0.2) is 17.5 Å². The van der Waals surface area contributed by atoms with E-state index in [1.54, 1.807) is 20.2 Å². The Hall–Kier alpha value is -2.49. The zero-order chi connectivity index (χ0) is 19.1. The summed E-state index contributed by atoms with van der Waals surface area (Å²) in [5.74, 6) is 2.00. The highest BCUT2D eigenvalue weighted by molar-refractivity contribution is 14.0. The minimum absolute atomic E-state index is 0. The fraction of sp³-hybridized carbons (Fsp3) is 0.300. The molecule has 0 aliphatic carbocycles. The van der Waals surface area contributed by atoms with E-state index in [1.807, 2.05) is 36.4 Å². The molecule has 2 aromatic carbocycles. The molecule has 150 valence electrons. The van der Waals surface area contributed by atoms with Crippen molar-refractivity contribution in [2.45, 2.75) is 13.0 Å². The predicted octanol–water partition coefficient (Wildman–Crippen LogP) is 3.01. The average Bonchev–Trinajstić information content (AvgIpc) is 2.95. The van der Waals surface area contributed by atoms with Gasteiger partial charge in [-0.25, -0.2) is 0 Å². The third-order valence-corrected chi connectivity index (χ3v) is 4.11. The minimum atomic E-state index is -0.105. The molecule has 0 fully saturated rings. The van der Waals surface area contributed by atoms with Crippen LogP contribution in [-0.2, 0) is 6.54 Å². The van der Waals surface area contributed by atoms with E-state index in [1.165, 1.54) is 0 Å². The molecule has 0 spiro atoms. The van der Waals surface area contributed by atoms with E-state index in [4.69, 9.17) is 9.47 Å². The van der Waals surface area contributed by atoms with Crippen molar-refractivity contribution < 1.29 is 14.3 Å². The molecule has 3 N–H and O–H groups in total. The van der Waals surface area contributed by atoms with Crippen LogP contribution in [0.15, 0.2) is 47.5 Å². The Balaban J connectivity index is 0.00000280. The molecule has 3 rings (SSSR count). The molecule has 28 heavy (non-hydrogen) atoms. The summed E-state index contributed by atoms with van der Waals surface area (Å²) in [5, 5.41) is 9.12. The lowest BCUT2D eigenvalue weighted by Crippen LogP contribution is -2.30. The van der Waals surface area contributed by atoms with Crippen LogP contribution >= 0.6 is 24.0 Å². The normalized spacial score (nSPS) is 13.0. The van der Waals surface area contributed by atoms with Gasteiger partial charge in [0, 0.05) is 44.4 Å². The van der Waals surface area contributed by atoms with Crippen molar-refractivity contribution in [1.82, 2.24) is 10.6 Å². The second-order valence-electron chi connectivity index (χ2n) is 6.04. The maximum atomic E-state index is 11.8. The van der Waals surface area contributed by atoms with Crippen molar-refractivity contribution in [2.24, 2.45) is 4.99 Å². The Labute approximate surface area is 181 Å². The third-order valence-electron chi connectivity index (χ3n) is 4.11. The largest absolute Gasteiger partial charge is 0.490 e. The number of hydrogen-bond acceptors (Lipinski definition) is 4. The van der Waals surface area contributed by atoms with Gasteiger partial charge in [-0.2, -0.15) is 0 Å². The second-order valence-corrected chi connectivity index (χ2v) is 6.04. The SMILES string of the molecule is CN=C(NCc1cccc(C(=O)NC)c1)Nc1ccc2c(c1)OCCCO2.I. The van der Waals surface area contributed by atoms with Crippen LogP contribution in [0, 0.1) is 0 Å². The number of rotatable bonds is 4. The molecule has 0 atom stereocenters. The number of hydrogen-bond donors (Lipinski definition) is 3. The first-order valence-electron chi connectivity index (χ1n) is 8.88. The van der Waals surface area contributed by atoms with Crippen LogP contribution in [0.5, 0.6) is 11.5 Å². The molecule has 0 aromatic heterocycles. The Morgan fingerprint density at radius 1 is 1.11 bits per heavy atom. The maximum Gasteiger partial charge on any atom is 0.251 e. The minimum Gasteiger partial charge on any atom is -0.490 e. The van der Waals surface area contributed by atoms with E-state index in [2.05, 4.69) is 20.9 Å². The summed E-state index contributed by atoms with van der Waals surface area (Å²) in [4.78, 5) is 16.0. The second kappa shape index (κ2) is 10.7. The van der Waals surface area contributed by atoms with Crippen molar-refractivity contribution in [3.8, 4) is 11.5 Å². The number of guanidine groups is 1. The molecule has 1 aliphatic heterocycles. The van der Waals surface area contributed by atoms with Gasteiger partial charge in [0.25, 0.3) is 5.91 Å². The van der Waals surface area contributed by atoms with Crippen LogP contribution in [0.3, 0.4) is 0 Å². The summed E-state index contributed by atoms with van der Waals surface area (Å²) in [7, 11) is 3.33. The number of nitrogens with zero attached hydrogens (tertiary/aromatic N) is 1. The summed E-state index contributed by atoms with van der Waals surface area (Å²) in [6.07, 6.45) is 0.871. The van der Waals surface area contributed by atoms with Gasteiger partial charge in [0.2, 0.25) is 0 Å². The summed E-state index contributed by atoms with van der Waals surface area (Å²) in [6, 6.07) is 13.2. The molecule has 0 bridgehead atoms. The van der Waals surface area contributed by atoms with Gasteiger partial charge in [-0.3, -0.25) is 9.79 Å². The van der Waals surface area contributed by atoms with Crippen LogP contribution in [0.1, 0.15) is 22.3 Å². The molecular formula is C20H25IN4O3. The Morgan fingerprint density at radius 3 is 2.64 bits per heavy atom. The lowest BCUT2D eigenvalue weighted by Gasteiger charge is -2.14. The van der Waals surface area contributed by atoms with E-state index in [0.29, 0.717) is 31.3 Å². The lowest BCUT2D eigenvalue weighted by molar-refractivity contribution is 0.0963.